The summed E-state index contributed by atoms with van der Waals surface area (Å²) in [5.74, 6) is 0. The average molecular weight is 256 g/mol. The van der Waals surface area contributed by atoms with Crippen molar-refractivity contribution in [2.45, 2.75) is 38.0 Å². The zero-order chi connectivity index (χ0) is 13.3. The van der Waals surface area contributed by atoms with Crippen molar-refractivity contribution in [2.75, 3.05) is 6.54 Å². The molecule has 0 amide bonds. The molecule has 0 saturated heterocycles. The third kappa shape index (κ3) is 2.16. The van der Waals surface area contributed by atoms with Crippen molar-refractivity contribution in [1.29, 1.82) is 0 Å². The van der Waals surface area contributed by atoms with Crippen LogP contribution in [0.25, 0.3) is 5.69 Å². The number of rotatable bonds is 3. The fraction of sp³-hybridized carbons (Fsp3) is 0.467. The summed E-state index contributed by atoms with van der Waals surface area (Å²) in [6.45, 7) is 2.67. The van der Waals surface area contributed by atoms with Crippen LogP contribution in [0.3, 0.4) is 0 Å². The summed E-state index contributed by atoms with van der Waals surface area (Å²) in [5, 5.41) is 8.65. The second-order valence-electron chi connectivity index (χ2n) is 5.52. The summed E-state index contributed by atoms with van der Waals surface area (Å²) in [7, 11) is 0. The van der Waals surface area contributed by atoms with Crippen LogP contribution in [-0.4, -0.2) is 21.5 Å². The third-order valence-electron chi connectivity index (χ3n) is 4.25. The Labute approximate surface area is 113 Å². The van der Waals surface area contributed by atoms with Gasteiger partial charge in [-0.15, -0.1) is 0 Å². The van der Waals surface area contributed by atoms with Crippen molar-refractivity contribution in [3.8, 4) is 5.69 Å². The lowest BCUT2D eigenvalue weighted by molar-refractivity contribution is 0.452. The maximum Gasteiger partial charge on any atom is 0.0859 e. The normalized spacial score (nSPS) is 17.8. The number of benzene rings is 1. The highest BCUT2D eigenvalue weighted by molar-refractivity contribution is 5.38. The van der Waals surface area contributed by atoms with Gasteiger partial charge in [-0.1, -0.05) is 25.0 Å². The topological polar surface area (TPSA) is 56.7 Å². The predicted octanol–water partition coefficient (Wildman–Crippen LogP) is 2.35. The standard InChI is InChI=1S/C15H20N4/c1-12-10-17-19(18-12)14-6-4-5-13(9-14)15(11-16)7-2-3-8-15/h4-6,9-10H,2-3,7-8,11,16H2,1H3. The Morgan fingerprint density at radius 2 is 2.11 bits per heavy atom. The van der Waals surface area contributed by atoms with E-state index in [1.165, 1.54) is 31.2 Å². The van der Waals surface area contributed by atoms with Crippen LogP contribution in [0.4, 0.5) is 0 Å². The van der Waals surface area contributed by atoms with Gasteiger partial charge in [-0.25, -0.2) is 0 Å². The van der Waals surface area contributed by atoms with Gasteiger partial charge in [0.25, 0.3) is 0 Å². The summed E-state index contributed by atoms with van der Waals surface area (Å²) in [5.41, 5.74) is 9.50. The highest BCUT2D eigenvalue weighted by atomic mass is 15.5. The lowest BCUT2D eigenvalue weighted by atomic mass is 9.79. The Kier molecular flexibility index (Phi) is 3.11. The van der Waals surface area contributed by atoms with Gasteiger partial charge >= 0.3 is 0 Å². The van der Waals surface area contributed by atoms with Gasteiger partial charge in [-0.05, 0) is 37.5 Å². The van der Waals surface area contributed by atoms with E-state index in [-0.39, 0.29) is 5.41 Å². The molecular formula is C15H20N4. The quantitative estimate of drug-likeness (QED) is 0.917. The molecule has 0 radical (unpaired) electrons. The van der Waals surface area contributed by atoms with Gasteiger partial charge in [0.2, 0.25) is 0 Å². The second-order valence-corrected chi connectivity index (χ2v) is 5.52. The molecule has 1 saturated carbocycles. The van der Waals surface area contributed by atoms with E-state index < -0.39 is 0 Å². The van der Waals surface area contributed by atoms with E-state index in [9.17, 15) is 0 Å². The first kappa shape index (κ1) is 12.4. The van der Waals surface area contributed by atoms with Gasteiger partial charge in [0.1, 0.15) is 0 Å². The number of aryl methyl sites for hydroxylation is 1. The van der Waals surface area contributed by atoms with E-state index in [2.05, 4.69) is 28.4 Å². The minimum Gasteiger partial charge on any atom is -0.330 e. The fourth-order valence-electron chi connectivity index (χ4n) is 3.09. The number of nitrogens with zero attached hydrogens (tertiary/aromatic N) is 3. The molecule has 1 aromatic carbocycles. The zero-order valence-electron chi connectivity index (χ0n) is 11.3. The largest absolute Gasteiger partial charge is 0.330 e. The van der Waals surface area contributed by atoms with Crippen molar-refractivity contribution in [3.63, 3.8) is 0 Å². The van der Waals surface area contributed by atoms with Crippen LogP contribution in [-0.2, 0) is 5.41 Å². The van der Waals surface area contributed by atoms with Crippen LogP contribution in [0.15, 0.2) is 30.5 Å². The Morgan fingerprint density at radius 1 is 1.32 bits per heavy atom. The first-order valence-corrected chi connectivity index (χ1v) is 6.93. The van der Waals surface area contributed by atoms with Crippen LogP contribution < -0.4 is 5.73 Å². The summed E-state index contributed by atoms with van der Waals surface area (Å²) < 4.78 is 0. The zero-order valence-corrected chi connectivity index (χ0v) is 11.3. The Bertz CT molecular complexity index is 567. The van der Waals surface area contributed by atoms with Crippen molar-refractivity contribution < 1.29 is 0 Å². The molecule has 0 aliphatic heterocycles. The monoisotopic (exact) mass is 256 g/mol. The smallest absolute Gasteiger partial charge is 0.0859 e. The second kappa shape index (κ2) is 4.78. The highest BCUT2D eigenvalue weighted by Gasteiger charge is 2.34. The van der Waals surface area contributed by atoms with Crippen molar-refractivity contribution in [1.82, 2.24) is 15.0 Å². The average Bonchev–Trinajstić information content (AvgIpc) is 3.08. The fourth-order valence-corrected chi connectivity index (χ4v) is 3.09. The van der Waals surface area contributed by atoms with Crippen LogP contribution in [0.2, 0.25) is 0 Å². The van der Waals surface area contributed by atoms with Gasteiger partial charge in [-0.3, -0.25) is 0 Å². The highest BCUT2D eigenvalue weighted by Crippen LogP contribution is 2.40. The number of hydrogen-bond acceptors (Lipinski definition) is 3. The minimum atomic E-state index is 0.165. The Balaban J connectivity index is 2.00. The van der Waals surface area contributed by atoms with Crippen LogP contribution in [0.1, 0.15) is 36.9 Å². The molecule has 1 heterocycles. The van der Waals surface area contributed by atoms with E-state index in [4.69, 9.17) is 5.73 Å². The van der Waals surface area contributed by atoms with Gasteiger partial charge in [0, 0.05) is 12.0 Å². The summed E-state index contributed by atoms with van der Waals surface area (Å²) >= 11 is 0. The van der Waals surface area contributed by atoms with E-state index in [0.29, 0.717) is 0 Å². The first-order valence-electron chi connectivity index (χ1n) is 6.93. The number of hydrogen-bond donors (Lipinski definition) is 1. The molecule has 1 aliphatic carbocycles. The maximum absolute atomic E-state index is 6.06. The van der Waals surface area contributed by atoms with E-state index in [0.717, 1.165) is 17.9 Å². The molecule has 3 rings (SSSR count). The molecular weight excluding hydrogens is 236 g/mol. The van der Waals surface area contributed by atoms with E-state index >= 15 is 0 Å². The first-order chi connectivity index (χ1) is 9.23. The minimum absolute atomic E-state index is 0.165. The van der Waals surface area contributed by atoms with E-state index in [1.807, 2.05) is 13.0 Å². The predicted molar refractivity (Wildman–Crippen MR) is 75.3 cm³/mol. The maximum atomic E-state index is 6.06. The molecule has 4 nitrogen and oxygen atoms in total. The molecule has 0 unspecified atom stereocenters. The van der Waals surface area contributed by atoms with Gasteiger partial charge in [-0.2, -0.15) is 15.0 Å². The van der Waals surface area contributed by atoms with Crippen LogP contribution in [0.5, 0.6) is 0 Å². The van der Waals surface area contributed by atoms with Crippen LogP contribution >= 0.6 is 0 Å². The molecule has 4 heteroatoms. The summed E-state index contributed by atoms with van der Waals surface area (Å²) in [6, 6.07) is 8.51. The SMILES string of the molecule is Cc1cnn(-c2cccc(C3(CN)CCCC3)c2)n1. The molecule has 0 bridgehead atoms. The summed E-state index contributed by atoms with van der Waals surface area (Å²) in [6.07, 6.45) is 6.72. The van der Waals surface area contributed by atoms with Crippen LogP contribution in [0, 0.1) is 6.92 Å². The molecule has 19 heavy (non-hydrogen) atoms. The van der Waals surface area contributed by atoms with E-state index in [1.54, 1.807) is 11.0 Å². The van der Waals surface area contributed by atoms with Crippen molar-refractivity contribution >= 4 is 0 Å². The molecule has 2 aromatic rings. The Hall–Kier alpha value is -1.68. The number of nitrogens with two attached hydrogens (primary N) is 1. The molecule has 2 N–H and O–H groups in total. The lowest BCUT2D eigenvalue weighted by Gasteiger charge is -2.28. The van der Waals surface area contributed by atoms with Crippen molar-refractivity contribution in [2.24, 2.45) is 5.73 Å². The summed E-state index contributed by atoms with van der Waals surface area (Å²) in [4.78, 5) is 1.69. The van der Waals surface area contributed by atoms with Crippen molar-refractivity contribution in [3.05, 3.63) is 41.7 Å². The molecule has 0 atom stereocenters. The number of aromatic nitrogens is 3. The molecule has 1 fully saturated rings. The molecule has 1 aliphatic rings. The molecule has 1 aromatic heterocycles. The van der Waals surface area contributed by atoms with Gasteiger partial charge in [0.05, 0.1) is 17.6 Å². The van der Waals surface area contributed by atoms with Gasteiger partial charge in [0.15, 0.2) is 0 Å². The molecule has 100 valence electrons. The molecule has 0 spiro atoms. The Morgan fingerprint density at radius 3 is 2.74 bits per heavy atom. The lowest BCUT2D eigenvalue weighted by Crippen LogP contribution is -2.32. The van der Waals surface area contributed by atoms with Gasteiger partial charge < -0.3 is 5.73 Å². The third-order valence-corrected chi connectivity index (χ3v) is 4.25.